The Hall–Kier alpha value is -4.65. The maximum Gasteiger partial charge on any atom is 0.198 e. The van der Waals surface area contributed by atoms with Crippen molar-refractivity contribution in [1.29, 1.82) is 5.26 Å². The summed E-state index contributed by atoms with van der Waals surface area (Å²) in [5.41, 5.74) is 5.03. The number of benzene rings is 1. The fourth-order valence-corrected chi connectivity index (χ4v) is 6.33. The molecule has 0 aliphatic carbocycles. The van der Waals surface area contributed by atoms with E-state index in [1.807, 2.05) is 76.7 Å². The number of quaternary nitrogens is 1. The van der Waals surface area contributed by atoms with Crippen molar-refractivity contribution in [2.45, 2.75) is 137 Å². The number of nitrogens with zero attached hydrogens (tertiary/aromatic N) is 5. The molecule has 0 atom stereocenters. The molecule has 0 aliphatic rings. The van der Waals surface area contributed by atoms with E-state index in [1.165, 1.54) is 108 Å². The largest absolute Gasteiger partial charge is 0.335 e. The van der Waals surface area contributed by atoms with E-state index in [1.54, 1.807) is 0 Å². The average Bonchev–Trinajstić information content (AvgIpc) is 3.23. The maximum atomic E-state index is 8.71. The Bertz CT molecular complexity index is 1590. The van der Waals surface area contributed by atoms with Crippen LogP contribution in [0.25, 0.3) is 10.9 Å². The number of aryl methyl sites for hydroxylation is 3. The van der Waals surface area contributed by atoms with E-state index in [0.29, 0.717) is 11.3 Å². The van der Waals surface area contributed by atoms with Gasteiger partial charge in [0.1, 0.15) is 13.1 Å². The molecule has 0 saturated heterocycles. The second kappa shape index (κ2) is 30.7. The molecule has 1 aromatic carbocycles. The Kier molecular flexibility index (Phi) is 25.9. The highest BCUT2D eigenvalue weighted by molar-refractivity contribution is 5.47. The zero-order chi connectivity index (χ0) is 39.8. The summed E-state index contributed by atoms with van der Waals surface area (Å²) in [5, 5.41) is 8.71. The SMILES string of the molecule is C=Cc1ccc(C[n+]2ccc(C#N)cc2)cc1.CCCCCC[NH+](CCCCCC)CCCCCC.[C-]#[N+]c1cc[n+](CCCC[n+]2ccc(C)cc2)cc1. The van der Waals surface area contributed by atoms with Crippen molar-refractivity contribution in [2.75, 3.05) is 19.6 Å². The molecule has 4 aromatic rings. The summed E-state index contributed by atoms with van der Waals surface area (Å²) in [6.07, 6.45) is 33.3. The molecule has 0 amide bonds. The van der Waals surface area contributed by atoms with Crippen LogP contribution in [0.3, 0.4) is 0 Å². The van der Waals surface area contributed by atoms with Crippen molar-refractivity contribution in [1.82, 2.24) is 0 Å². The highest BCUT2D eigenvalue weighted by atomic mass is 15.1. The normalized spacial score (nSPS) is 10.4. The number of nitrogens with one attached hydrogen (secondary N) is 1. The number of nitriles is 1. The van der Waals surface area contributed by atoms with Crippen LogP contribution in [-0.2, 0) is 19.6 Å². The minimum Gasteiger partial charge on any atom is -0.335 e. The molecule has 0 radical (unpaired) electrons. The summed E-state index contributed by atoms with van der Waals surface area (Å²) < 4.78 is 6.40. The van der Waals surface area contributed by atoms with Gasteiger partial charge in [0.15, 0.2) is 49.4 Å². The van der Waals surface area contributed by atoms with Crippen LogP contribution >= 0.6 is 0 Å². The van der Waals surface area contributed by atoms with Crippen molar-refractivity contribution in [3.63, 3.8) is 0 Å². The summed E-state index contributed by atoms with van der Waals surface area (Å²) in [6.45, 7) is 26.8. The Balaban J connectivity index is 0.000000285. The first-order valence-electron chi connectivity index (χ1n) is 21.2. The highest BCUT2D eigenvalue weighted by Gasteiger charge is 2.08. The second-order valence-electron chi connectivity index (χ2n) is 14.7. The van der Waals surface area contributed by atoms with Gasteiger partial charge in [0.25, 0.3) is 0 Å². The van der Waals surface area contributed by atoms with Gasteiger partial charge in [-0.25, -0.2) is 18.5 Å². The molecule has 0 fully saturated rings. The van der Waals surface area contributed by atoms with Gasteiger partial charge in [-0.2, -0.15) is 5.26 Å². The lowest BCUT2D eigenvalue weighted by Crippen LogP contribution is -3.12. The molecule has 3 heterocycles. The molecule has 6 heteroatoms. The Morgan fingerprint density at radius 3 is 1.49 bits per heavy atom. The lowest BCUT2D eigenvalue weighted by molar-refractivity contribution is -0.900. The third-order valence-electron chi connectivity index (χ3n) is 9.90. The molecule has 55 heavy (non-hydrogen) atoms. The fraction of sp³-hybridized carbons (Fsp3) is 0.490. The van der Waals surface area contributed by atoms with Crippen molar-refractivity contribution in [3.8, 4) is 6.07 Å². The van der Waals surface area contributed by atoms with Crippen LogP contribution in [0.4, 0.5) is 5.69 Å². The van der Waals surface area contributed by atoms with E-state index >= 15 is 0 Å². The monoisotopic (exact) mass is 745 g/mol. The summed E-state index contributed by atoms with van der Waals surface area (Å²) in [7, 11) is 0. The van der Waals surface area contributed by atoms with Crippen molar-refractivity contribution in [2.24, 2.45) is 0 Å². The minimum atomic E-state index is 0.684. The summed E-state index contributed by atoms with van der Waals surface area (Å²) in [6, 6.07) is 22.0. The van der Waals surface area contributed by atoms with Gasteiger partial charge in [0.05, 0.1) is 37.8 Å². The average molecular weight is 745 g/mol. The maximum absolute atomic E-state index is 8.71. The number of unbranched alkanes of at least 4 members (excludes halogenated alkanes) is 10. The third-order valence-corrected chi connectivity index (χ3v) is 9.90. The number of hydrogen-bond donors (Lipinski definition) is 1. The first kappa shape index (κ1) is 46.5. The van der Waals surface area contributed by atoms with Crippen LogP contribution < -0.4 is 18.6 Å². The van der Waals surface area contributed by atoms with Gasteiger partial charge < -0.3 is 4.90 Å². The molecule has 294 valence electrons. The Labute approximate surface area is 335 Å². The smallest absolute Gasteiger partial charge is 0.198 e. The second-order valence-corrected chi connectivity index (χ2v) is 14.7. The third kappa shape index (κ3) is 22.4. The molecular weight excluding hydrogens is 673 g/mol. The van der Waals surface area contributed by atoms with Gasteiger partial charge in [-0.3, -0.25) is 0 Å². The van der Waals surface area contributed by atoms with E-state index < -0.39 is 0 Å². The van der Waals surface area contributed by atoms with Gasteiger partial charge >= 0.3 is 0 Å². The van der Waals surface area contributed by atoms with E-state index in [9.17, 15) is 0 Å². The lowest BCUT2D eigenvalue weighted by atomic mass is 10.1. The standard InChI is InChI=1S/C18H39N.C16H19N3.C15H13N2/c1-4-7-10-13-16-19(17-14-11-8-5-2)18-15-12-9-6-3;1-15-5-11-18(12-6-15)9-3-4-10-19-13-7-16(17-2)8-14-19;1-2-13-3-5-15(6-4-13)12-17-9-7-14(11-16)8-10-17/h4-18H2,1-3H3;5-8,11-14H,3-4,9-10H2,1H3;2-10H,1,12H2/q;+2;+1/p+1. The molecule has 0 bridgehead atoms. The van der Waals surface area contributed by atoms with Gasteiger partial charge in [0, 0.05) is 54.8 Å². The molecule has 3 aromatic heterocycles. The predicted molar refractivity (Wildman–Crippen MR) is 228 cm³/mol. The van der Waals surface area contributed by atoms with Crippen LogP contribution in [0.2, 0.25) is 0 Å². The van der Waals surface area contributed by atoms with Crippen LogP contribution in [0.1, 0.15) is 133 Å². The minimum absolute atomic E-state index is 0.684. The first-order chi connectivity index (χ1) is 26.9. The number of rotatable bonds is 23. The lowest BCUT2D eigenvalue weighted by Gasteiger charge is -2.19. The van der Waals surface area contributed by atoms with E-state index in [2.05, 4.69) is 91.0 Å². The molecule has 0 saturated carbocycles. The van der Waals surface area contributed by atoms with Crippen LogP contribution in [0.5, 0.6) is 0 Å². The van der Waals surface area contributed by atoms with Crippen LogP contribution in [0, 0.1) is 24.8 Å². The van der Waals surface area contributed by atoms with Crippen molar-refractivity contribution >= 4 is 11.8 Å². The zero-order valence-corrected chi connectivity index (χ0v) is 34.9. The van der Waals surface area contributed by atoms with Crippen molar-refractivity contribution in [3.05, 3.63) is 138 Å². The molecule has 0 aliphatic heterocycles. The predicted octanol–water partition coefficient (Wildman–Crippen LogP) is 9.75. The van der Waals surface area contributed by atoms with E-state index in [4.69, 9.17) is 11.8 Å². The molecule has 0 unspecified atom stereocenters. The van der Waals surface area contributed by atoms with Gasteiger partial charge in [0.2, 0.25) is 0 Å². The molecular formula is C49H72N6+4. The van der Waals surface area contributed by atoms with Gasteiger partial charge in [-0.1, -0.05) is 96.2 Å². The zero-order valence-electron chi connectivity index (χ0n) is 34.9. The van der Waals surface area contributed by atoms with Crippen LogP contribution in [-0.4, -0.2) is 19.6 Å². The fourth-order valence-electron chi connectivity index (χ4n) is 6.33. The molecule has 4 rings (SSSR count). The summed E-state index contributed by atoms with van der Waals surface area (Å²) in [5.74, 6) is 0. The highest BCUT2D eigenvalue weighted by Crippen LogP contribution is 2.07. The Morgan fingerprint density at radius 1 is 0.618 bits per heavy atom. The Morgan fingerprint density at radius 2 is 1.07 bits per heavy atom. The molecule has 1 N–H and O–H groups in total. The quantitative estimate of drug-likeness (QED) is 0.0459. The van der Waals surface area contributed by atoms with E-state index in [0.717, 1.165) is 38.0 Å². The number of pyridine rings is 3. The van der Waals surface area contributed by atoms with Crippen LogP contribution in [0.15, 0.2) is 104 Å². The molecule has 0 spiro atoms. The summed E-state index contributed by atoms with van der Waals surface area (Å²) in [4.78, 5) is 5.28. The number of hydrogen-bond acceptors (Lipinski definition) is 1. The van der Waals surface area contributed by atoms with E-state index in [-0.39, 0.29) is 0 Å². The first-order valence-corrected chi connectivity index (χ1v) is 21.2. The van der Waals surface area contributed by atoms with Gasteiger partial charge in [-0.05, 0) is 56.6 Å². The van der Waals surface area contributed by atoms with Crippen molar-refractivity contribution < 1.29 is 18.6 Å². The topological polar surface area (TPSA) is 44.2 Å². The summed E-state index contributed by atoms with van der Waals surface area (Å²) >= 11 is 0. The van der Waals surface area contributed by atoms with Gasteiger partial charge in [-0.15, -0.1) is 0 Å². The molecule has 6 nitrogen and oxygen atoms in total. The number of aromatic nitrogens is 3.